The van der Waals surface area contributed by atoms with Crippen molar-refractivity contribution >= 4 is 24.7 Å². The van der Waals surface area contributed by atoms with Gasteiger partial charge in [0, 0.05) is 6.20 Å². The predicted octanol–water partition coefficient (Wildman–Crippen LogP) is 3.67. The van der Waals surface area contributed by atoms with Crippen LogP contribution in [0.2, 0.25) is 0 Å². The number of nitrogens with zero attached hydrogens (tertiary/aromatic N) is 3. The van der Waals surface area contributed by atoms with Gasteiger partial charge in [0.25, 0.3) is 0 Å². The number of ether oxygens (including phenoxy) is 1. The Labute approximate surface area is 158 Å². The molecule has 1 saturated heterocycles. The number of hydrogen-bond acceptors (Lipinski definition) is 8. The Morgan fingerprint density at radius 2 is 1.96 bits per heavy atom. The molecule has 2 aromatic heterocycles. The highest BCUT2D eigenvalue weighted by molar-refractivity contribution is 7.48. The van der Waals surface area contributed by atoms with E-state index in [9.17, 15) is 4.57 Å². The molecule has 0 aromatic carbocycles. The van der Waals surface area contributed by atoms with E-state index in [4.69, 9.17) is 24.0 Å². The lowest BCUT2D eigenvalue weighted by molar-refractivity contribution is -0.0242. The molecular weight excluding hydrogens is 371 g/mol. The molecule has 0 unspecified atom stereocenters. The summed E-state index contributed by atoms with van der Waals surface area (Å²) >= 11 is 0. The predicted molar refractivity (Wildman–Crippen MR) is 101 cm³/mol. The third-order valence-corrected chi connectivity index (χ3v) is 5.70. The lowest BCUT2D eigenvalue weighted by Gasteiger charge is -2.20. The van der Waals surface area contributed by atoms with Gasteiger partial charge in [0.2, 0.25) is 0 Å². The van der Waals surface area contributed by atoms with Crippen molar-refractivity contribution in [1.29, 1.82) is 0 Å². The van der Waals surface area contributed by atoms with Crippen molar-refractivity contribution in [3.05, 3.63) is 18.6 Å². The largest absolute Gasteiger partial charge is 0.474 e. The van der Waals surface area contributed by atoms with Crippen LogP contribution >= 0.6 is 7.82 Å². The van der Waals surface area contributed by atoms with E-state index in [0.717, 1.165) is 31.2 Å². The van der Waals surface area contributed by atoms with Crippen molar-refractivity contribution in [3.8, 4) is 0 Å². The number of rotatable bonds is 10. The molecule has 150 valence electrons. The quantitative estimate of drug-likeness (QED) is 0.604. The first kappa shape index (κ1) is 20.2. The molecule has 2 aromatic rings. The minimum Gasteiger partial charge on any atom is -0.382 e. The maximum Gasteiger partial charge on any atom is 0.474 e. The van der Waals surface area contributed by atoms with E-state index in [-0.39, 0.29) is 18.9 Å². The summed E-state index contributed by atoms with van der Waals surface area (Å²) in [6.45, 7) is 4.67. The summed E-state index contributed by atoms with van der Waals surface area (Å²) < 4.78 is 36.8. The van der Waals surface area contributed by atoms with E-state index in [1.54, 1.807) is 12.5 Å². The number of phosphoric ester groups is 1. The molecule has 27 heavy (non-hydrogen) atoms. The van der Waals surface area contributed by atoms with Gasteiger partial charge in [0.15, 0.2) is 5.82 Å². The van der Waals surface area contributed by atoms with Crippen molar-refractivity contribution in [1.82, 2.24) is 14.5 Å². The fraction of sp³-hybridized carbons (Fsp3) is 0.647. The summed E-state index contributed by atoms with van der Waals surface area (Å²) in [6, 6.07) is 1.86. The number of fused-ring (bicyclic) bond motifs is 1. The van der Waals surface area contributed by atoms with E-state index in [2.05, 4.69) is 9.97 Å². The lowest BCUT2D eigenvalue weighted by atomic mass is 10.2. The SMILES string of the molecule is CCCOP(=O)(OCCC)OC[C@@H]1CC[C@H](n2cnc3c(N)nccc32)O1. The molecule has 1 fully saturated rings. The number of nitrogens with two attached hydrogens (primary N) is 1. The lowest BCUT2D eigenvalue weighted by Crippen LogP contribution is -2.17. The Balaban J connectivity index is 1.60. The van der Waals surface area contributed by atoms with Gasteiger partial charge in [-0.05, 0) is 31.7 Å². The topological polar surface area (TPSA) is 111 Å². The highest BCUT2D eigenvalue weighted by atomic mass is 31.2. The van der Waals surface area contributed by atoms with Crippen LogP contribution in [0.4, 0.5) is 5.82 Å². The van der Waals surface area contributed by atoms with Gasteiger partial charge in [0.1, 0.15) is 11.7 Å². The van der Waals surface area contributed by atoms with Crippen LogP contribution in [0.15, 0.2) is 18.6 Å². The second-order valence-corrected chi connectivity index (χ2v) is 8.08. The standard InChI is InChI=1S/C17H27N4O5P/c1-3-9-23-27(22,24-10-4-2)25-11-13-5-6-15(26-13)21-12-20-16-14(21)7-8-19-17(16)18/h7-8,12-13,15H,3-6,9-11H2,1-2H3,(H2,18,19)/t13-,15+/m0/s1. The average Bonchev–Trinajstić information content (AvgIpc) is 3.31. The molecule has 0 amide bonds. The molecule has 1 aliphatic rings. The molecule has 0 spiro atoms. The van der Waals surface area contributed by atoms with E-state index in [1.165, 1.54) is 0 Å². The Morgan fingerprint density at radius 1 is 1.22 bits per heavy atom. The number of anilines is 1. The molecule has 0 aliphatic carbocycles. The van der Waals surface area contributed by atoms with Crippen LogP contribution in [-0.4, -0.2) is 40.5 Å². The van der Waals surface area contributed by atoms with Crippen LogP contribution in [0.1, 0.15) is 45.8 Å². The van der Waals surface area contributed by atoms with Crippen molar-refractivity contribution in [2.75, 3.05) is 25.6 Å². The highest BCUT2D eigenvalue weighted by Crippen LogP contribution is 2.50. The van der Waals surface area contributed by atoms with Gasteiger partial charge in [-0.2, -0.15) is 0 Å². The van der Waals surface area contributed by atoms with Crippen LogP contribution < -0.4 is 5.73 Å². The Bertz CT molecular complexity index is 787. The van der Waals surface area contributed by atoms with Gasteiger partial charge < -0.3 is 15.0 Å². The molecule has 1 aliphatic heterocycles. The number of aromatic nitrogens is 3. The van der Waals surface area contributed by atoms with Crippen LogP contribution in [-0.2, 0) is 22.9 Å². The first-order valence-corrected chi connectivity index (χ1v) is 10.8. The molecule has 9 nitrogen and oxygen atoms in total. The van der Waals surface area contributed by atoms with Gasteiger partial charge in [-0.3, -0.25) is 13.6 Å². The number of nitrogen functional groups attached to an aromatic ring is 1. The van der Waals surface area contributed by atoms with Gasteiger partial charge in [-0.25, -0.2) is 14.5 Å². The molecule has 0 radical (unpaired) electrons. The monoisotopic (exact) mass is 398 g/mol. The summed E-state index contributed by atoms with van der Waals surface area (Å²) in [6.07, 6.45) is 6.00. The fourth-order valence-corrected chi connectivity index (χ4v) is 4.30. The summed E-state index contributed by atoms with van der Waals surface area (Å²) in [7, 11) is -3.55. The Morgan fingerprint density at radius 3 is 2.67 bits per heavy atom. The summed E-state index contributed by atoms with van der Waals surface area (Å²) in [5.74, 6) is 0.395. The van der Waals surface area contributed by atoms with Gasteiger partial charge >= 0.3 is 7.82 Å². The Kier molecular flexibility index (Phi) is 6.83. The maximum atomic E-state index is 12.7. The first-order valence-electron chi connectivity index (χ1n) is 9.32. The minimum absolute atomic E-state index is 0.150. The number of pyridine rings is 1. The van der Waals surface area contributed by atoms with Crippen LogP contribution in [0, 0.1) is 0 Å². The zero-order valence-electron chi connectivity index (χ0n) is 15.7. The zero-order chi connectivity index (χ0) is 19.3. The van der Waals surface area contributed by atoms with Crippen LogP contribution in [0.3, 0.4) is 0 Å². The molecular formula is C17H27N4O5P. The Hall–Kier alpha value is -1.51. The molecule has 3 rings (SSSR count). The molecule has 2 N–H and O–H groups in total. The number of imidazole rings is 1. The van der Waals surface area contributed by atoms with E-state index >= 15 is 0 Å². The molecule has 10 heteroatoms. The van der Waals surface area contributed by atoms with Crippen molar-refractivity contribution < 1.29 is 22.9 Å². The molecule has 0 saturated carbocycles. The van der Waals surface area contributed by atoms with Gasteiger partial charge in [-0.1, -0.05) is 13.8 Å². The van der Waals surface area contributed by atoms with Gasteiger partial charge in [-0.15, -0.1) is 0 Å². The van der Waals surface area contributed by atoms with Crippen molar-refractivity contribution in [2.24, 2.45) is 0 Å². The van der Waals surface area contributed by atoms with Crippen LogP contribution in [0.25, 0.3) is 11.0 Å². The van der Waals surface area contributed by atoms with E-state index < -0.39 is 7.82 Å². The summed E-state index contributed by atoms with van der Waals surface area (Å²) in [5.41, 5.74) is 7.40. The third kappa shape index (κ3) is 4.86. The van der Waals surface area contributed by atoms with E-state index in [1.807, 2.05) is 24.5 Å². The summed E-state index contributed by atoms with van der Waals surface area (Å²) in [5, 5.41) is 0. The maximum absolute atomic E-state index is 12.7. The van der Waals surface area contributed by atoms with Crippen molar-refractivity contribution in [3.63, 3.8) is 0 Å². The number of hydrogen-bond donors (Lipinski definition) is 1. The normalized spacial score (nSPS) is 20.5. The second-order valence-electron chi connectivity index (χ2n) is 6.42. The van der Waals surface area contributed by atoms with E-state index in [0.29, 0.717) is 24.5 Å². The molecule has 0 bridgehead atoms. The smallest absolute Gasteiger partial charge is 0.382 e. The minimum atomic E-state index is -3.55. The molecule has 3 heterocycles. The van der Waals surface area contributed by atoms with Crippen LogP contribution in [0.5, 0.6) is 0 Å². The van der Waals surface area contributed by atoms with Gasteiger partial charge in [0.05, 0.1) is 37.8 Å². The number of phosphoric acid groups is 1. The summed E-state index contributed by atoms with van der Waals surface area (Å²) in [4.78, 5) is 8.37. The van der Waals surface area contributed by atoms with Crippen molar-refractivity contribution in [2.45, 2.75) is 51.9 Å². The molecule has 2 atom stereocenters. The highest BCUT2D eigenvalue weighted by Gasteiger charge is 2.32. The average molecular weight is 398 g/mol. The zero-order valence-corrected chi connectivity index (χ0v) is 16.6. The second kappa shape index (κ2) is 9.12. The fourth-order valence-electron chi connectivity index (χ4n) is 2.92. The first-order chi connectivity index (χ1) is 13.1. The third-order valence-electron chi connectivity index (χ3n) is 4.24.